The minimum absolute atomic E-state index is 0.0505. The Kier molecular flexibility index (Phi) is 3.49. The Balaban J connectivity index is 1.90. The lowest BCUT2D eigenvalue weighted by Crippen LogP contribution is -2.49. The third-order valence-corrected chi connectivity index (χ3v) is 4.91. The molecule has 2 rings (SSSR count). The molecule has 2 aliphatic rings. The van der Waals surface area contributed by atoms with Gasteiger partial charge in [-0.1, -0.05) is 0 Å². The highest BCUT2D eigenvalue weighted by molar-refractivity contribution is 7.91. The standard InChI is InChI=1S/C10H18N2O3S/c13-10(9-2-1-3-11-8-9)12-4-6-16(14,15)7-5-12/h9,11H,1-8H2/t9-/m0/s1. The molecule has 92 valence electrons. The molecule has 16 heavy (non-hydrogen) atoms. The predicted octanol–water partition coefficient (Wildman–Crippen LogP) is -0.757. The van der Waals surface area contributed by atoms with Gasteiger partial charge < -0.3 is 10.2 Å². The van der Waals surface area contributed by atoms with Crippen molar-refractivity contribution in [2.45, 2.75) is 12.8 Å². The average molecular weight is 246 g/mol. The van der Waals surface area contributed by atoms with Crippen molar-refractivity contribution < 1.29 is 13.2 Å². The predicted molar refractivity (Wildman–Crippen MR) is 60.8 cm³/mol. The Morgan fingerprint density at radius 2 is 1.94 bits per heavy atom. The SMILES string of the molecule is O=C([C@H]1CCCNC1)N1CCS(=O)(=O)CC1. The van der Waals surface area contributed by atoms with Crippen LogP contribution in [0.2, 0.25) is 0 Å². The Bertz CT molecular complexity index is 346. The number of nitrogens with one attached hydrogen (secondary N) is 1. The molecule has 0 aromatic carbocycles. The normalized spacial score (nSPS) is 30.0. The van der Waals surface area contributed by atoms with Crippen molar-refractivity contribution in [3.05, 3.63) is 0 Å². The lowest BCUT2D eigenvalue weighted by Gasteiger charge is -2.32. The van der Waals surface area contributed by atoms with E-state index in [9.17, 15) is 13.2 Å². The van der Waals surface area contributed by atoms with E-state index >= 15 is 0 Å². The Labute approximate surface area is 96.1 Å². The van der Waals surface area contributed by atoms with Gasteiger partial charge in [-0.2, -0.15) is 0 Å². The minimum atomic E-state index is -2.89. The van der Waals surface area contributed by atoms with Crippen LogP contribution >= 0.6 is 0 Å². The zero-order chi connectivity index (χ0) is 11.6. The van der Waals surface area contributed by atoms with Crippen molar-refractivity contribution in [1.29, 1.82) is 0 Å². The molecule has 1 N–H and O–H groups in total. The zero-order valence-electron chi connectivity index (χ0n) is 9.31. The quantitative estimate of drug-likeness (QED) is 0.660. The highest BCUT2D eigenvalue weighted by Crippen LogP contribution is 2.15. The number of piperidine rings is 1. The van der Waals surface area contributed by atoms with Crippen molar-refractivity contribution in [2.75, 3.05) is 37.7 Å². The summed E-state index contributed by atoms with van der Waals surface area (Å²) < 4.78 is 22.5. The summed E-state index contributed by atoms with van der Waals surface area (Å²) in [4.78, 5) is 13.8. The molecule has 6 heteroatoms. The molecule has 2 aliphatic heterocycles. The summed E-state index contributed by atoms with van der Waals surface area (Å²) in [7, 11) is -2.89. The summed E-state index contributed by atoms with van der Waals surface area (Å²) in [5.41, 5.74) is 0. The molecule has 0 aromatic heterocycles. The van der Waals surface area contributed by atoms with Crippen LogP contribution in [-0.2, 0) is 14.6 Å². The fourth-order valence-corrected chi connectivity index (χ4v) is 3.45. The van der Waals surface area contributed by atoms with Gasteiger partial charge in [0.2, 0.25) is 5.91 Å². The van der Waals surface area contributed by atoms with Crippen molar-refractivity contribution in [3.8, 4) is 0 Å². The second-order valence-electron chi connectivity index (χ2n) is 4.52. The summed E-state index contributed by atoms with van der Waals surface area (Å²) in [6, 6.07) is 0. The molecular formula is C10H18N2O3S. The number of hydrogen-bond donors (Lipinski definition) is 1. The fraction of sp³-hybridized carbons (Fsp3) is 0.900. The van der Waals surface area contributed by atoms with Gasteiger partial charge >= 0.3 is 0 Å². The van der Waals surface area contributed by atoms with Crippen LogP contribution in [-0.4, -0.2) is 56.9 Å². The lowest BCUT2D eigenvalue weighted by molar-refractivity contribution is -0.135. The monoisotopic (exact) mass is 246 g/mol. The minimum Gasteiger partial charge on any atom is -0.340 e. The molecule has 0 radical (unpaired) electrons. The van der Waals surface area contributed by atoms with Gasteiger partial charge in [0.15, 0.2) is 9.84 Å². The van der Waals surface area contributed by atoms with Gasteiger partial charge in [-0.3, -0.25) is 4.79 Å². The summed E-state index contributed by atoms with van der Waals surface area (Å²) in [5.74, 6) is 0.425. The third kappa shape index (κ3) is 2.74. The molecule has 0 unspecified atom stereocenters. The van der Waals surface area contributed by atoms with Gasteiger partial charge in [0.1, 0.15) is 0 Å². The van der Waals surface area contributed by atoms with E-state index in [0.717, 1.165) is 25.9 Å². The van der Waals surface area contributed by atoms with Crippen LogP contribution in [0.15, 0.2) is 0 Å². The van der Waals surface area contributed by atoms with E-state index in [0.29, 0.717) is 13.1 Å². The molecule has 0 aliphatic carbocycles. The van der Waals surface area contributed by atoms with E-state index in [-0.39, 0.29) is 23.3 Å². The number of sulfone groups is 1. The summed E-state index contributed by atoms with van der Waals surface area (Å²) >= 11 is 0. The Hall–Kier alpha value is -0.620. The first-order valence-electron chi connectivity index (χ1n) is 5.78. The van der Waals surface area contributed by atoms with E-state index in [2.05, 4.69) is 5.32 Å². The number of amides is 1. The van der Waals surface area contributed by atoms with Crippen LogP contribution in [0.1, 0.15) is 12.8 Å². The van der Waals surface area contributed by atoms with E-state index in [4.69, 9.17) is 0 Å². The van der Waals surface area contributed by atoms with Gasteiger partial charge in [0.25, 0.3) is 0 Å². The Morgan fingerprint density at radius 3 is 2.50 bits per heavy atom. The highest BCUT2D eigenvalue weighted by Gasteiger charge is 2.30. The maximum Gasteiger partial charge on any atom is 0.227 e. The highest BCUT2D eigenvalue weighted by atomic mass is 32.2. The average Bonchev–Trinajstić information content (AvgIpc) is 2.29. The molecule has 0 spiro atoms. The largest absolute Gasteiger partial charge is 0.340 e. The van der Waals surface area contributed by atoms with Crippen molar-refractivity contribution in [3.63, 3.8) is 0 Å². The van der Waals surface area contributed by atoms with E-state index in [1.165, 1.54) is 0 Å². The number of hydrogen-bond acceptors (Lipinski definition) is 4. The van der Waals surface area contributed by atoms with Crippen molar-refractivity contribution in [2.24, 2.45) is 5.92 Å². The number of rotatable bonds is 1. The number of carbonyl (C=O) groups is 1. The summed E-state index contributed by atoms with van der Waals surface area (Å²) in [6.07, 6.45) is 1.96. The Morgan fingerprint density at radius 1 is 1.25 bits per heavy atom. The molecule has 1 amide bonds. The molecule has 2 heterocycles. The third-order valence-electron chi connectivity index (χ3n) is 3.30. The molecular weight excluding hydrogens is 228 g/mol. The van der Waals surface area contributed by atoms with Gasteiger partial charge in [-0.15, -0.1) is 0 Å². The van der Waals surface area contributed by atoms with Crippen molar-refractivity contribution >= 4 is 15.7 Å². The van der Waals surface area contributed by atoms with Crippen LogP contribution in [0.3, 0.4) is 0 Å². The fourth-order valence-electron chi connectivity index (χ4n) is 2.25. The molecule has 0 saturated carbocycles. The molecule has 2 saturated heterocycles. The number of carbonyl (C=O) groups excluding carboxylic acids is 1. The first-order valence-corrected chi connectivity index (χ1v) is 7.60. The lowest BCUT2D eigenvalue weighted by atomic mass is 9.98. The summed E-state index contributed by atoms with van der Waals surface area (Å²) in [5, 5.41) is 3.21. The van der Waals surface area contributed by atoms with E-state index in [1.807, 2.05) is 0 Å². The summed E-state index contributed by atoms with van der Waals surface area (Å²) in [6.45, 7) is 2.47. The van der Waals surface area contributed by atoms with Crippen LogP contribution in [0.5, 0.6) is 0 Å². The molecule has 2 fully saturated rings. The van der Waals surface area contributed by atoms with E-state index in [1.54, 1.807) is 4.90 Å². The molecule has 0 bridgehead atoms. The van der Waals surface area contributed by atoms with Gasteiger partial charge in [0.05, 0.1) is 17.4 Å². The van der Waals surface area contributed by atoms with Crippen LogP contribution in [0.4, 0.5) is 0 Å². The zero-order valence-corrected chi connectivity index (χ0v) is 10.1. The maximum atomic E-state index is 12.1. The van der Waals surface area contributed by atoms with E-state index < -0.39 is 9.84 Å². The van der Waals surface area contributed by atoms with Gasteiger partial charge in [0, 0.05) is 19.6 Å². The van der Waals surface area contributed by atoms with Gasteiger partial charge in [-0.05, 0) is 19.4 Å². The first-order chi connectivity index (χ1) is 7.58. The smallest absolute Gasteiger partial charge is 0.227 e. The molecule has 5 nitrogen and oxygen atoms in total. The van der Waals surface area contributed by atoms with Crippen LogP contribution in [0, 0.1) is 5.92 Å². The van der Waals surface area contributed by atoms with Crippen LogP contribution < -0.4 is 5.32 Å². The molecule has 0 aromatic rings. The molecule has 1 atom stereocenters. The van der Waals surface area contributed by atoms with Gasteiger partial charge in [-0.25, -0.2) is 8.42 Å². The topological polar surface area (TPSA) is 66.5 Å². The van der Waals surface area contributed by atoms with Crippen LogP contribution in [0.25, 0.3) is 0 Å². The second-order valence-corrected chi connectivity index (χ2v) is 6.82. The number of nitrogens with zero attached hydrogens (tertiary/aromatic N) is 1. The first kappa shape index (κ1) is 11.9. The second kappa shape index (κ2) is 4.71. The maximum absolute atomic E-state index is 12.1. The van der Waals surface area contributed by atoms with Crippen molar-refractivity contribution in [1.82, 2.24) is 10.2 Å².